The number of benzene rings is 3. The summed E-state index contributed by atoms with van der Waals surface area (Å²) in [6, 6.07) is 18.7. The molecular weight excluding hydrogens is 553 g/mol. The normalized spacial score (nSPS) is 11.6. The highest BCUT2D eigenvalue weighted by atomic mass is 35.5. The van der Waals surface area contributed by atoms with E-state index in [9.17, 15) is 13.2 Å². The van der Waals surface area contributed by atoms with Crippen LogP contribution in [0, 0.1) is 5.92 Å². The minimum Gasteiger partial charge on any atom is -0.350 e. The third-order valence-corrected chi connectivity index (χ3v) is 7.64. The predicted octanol–water partition coefficient (Wildman–Crippen LogP) is 6.96. The average Bonchev–Trinajstić information content (AvgIpc) is 3.26. The van der Waals surface area contributed by atoms with Crippen molar-refractivity contribution in [2.24, 2.45) is 5.92 Å². The molecule has 0 atom stereocenters. The molecule has 37 heavy (non-hydrogen) atoms. The van der Waals surface area contributed by atoms with E-state index in [0.29, 0.717) is 44.1 Å². The second-order valence-corrected chi connectivity index (χ2v) is 12.2. The summed E-state index contributed by atoms with van der Waals surface area (Å²) < 4.78 is 25.5. The molecule has 6 nitrogen and oxygen atoms in total. The molecule has 10 heteroatoms. The first-order chi connectivity index (χ1) is 17.5. The summed E-state index contributed by atoms with van der Waals surface area (Å²) in [5.74, 6) is -0.0612. The highest BCUT2D eigenvalue weighted by molar-refractivity contribution is 7.90. The van der Waals surface area contributed by atoms with E-state index in [1.165, 1.54) is 4.68 Å². The number of aromatic nitrogens is 2. The third-order valence-electron chi connectivity index (χ3n) is 5.60. The van der Waals surface area contributed by atoms with Gasteiger partial charge in [-0.15, -0.1) is 0 Å². The van der Waals surface area contributed by atoms with Crippen molar-refractivity contribution in [1.82, 2.24) is 15.1 Å². The van der Waals surface area contributed by atoms with Gasteiger partial charge in [-0.3, -0.25) is 4.79 Å². The number of carbonyl (C=O) groups is 1. The third kappa shape index (κ3) is 6.02. The van der Waals surface area contributed by atoms with Crippen LogP contribution < -0.4 is 5.32 Å². The first kappa shape index (κ1) is 27.2. The molecule has 0 saturated carbocycles. The quantitative estimate of drug-likeness (QED) is 0.258. The lowest BCUT2D eigenvalue weighted by atomic mass is 10.0. The van der Waals surface area contributed by atoms with Crippen LogP contribution >= 0.6 is 34.8 Å². The molecule has 0 unspecified atom stereocenters. The maximum absolute atomic E-state index is 12.8. The Bertz CT molecular complexity index is 1580. The molecule has 1 amide bonds. The van der Waals surface area contributed by atoms with Crippen molar-refractivity contribution in [1.29, 1.82) is 0 Å². The van der Waals surface area contributed by atoms with Crippen molar-refractivity contribution in [3.05, 3.63) is 87.5 Å². The molecule has 0 radical (unpaired) electrons. The maximum atomic E-state index is 12.8. The minimum atomic E-state index is -3.36. The zero-order chi connectivity index (χ0) is 26.9. The van der Waals surface area contributed by atoms with Crippen LogP contribution in [-0.2, 0) is 9.84 Å². The number of amides is 1. The summed E-state index contributed by atoms with van der Waals surface area (Å²) in [5, 5.41) is 8.49. The molecule has 3 aromatic carbocycles. The molecule has 0 fully saturated rings. The molecule has 0 aliphatic carbocycles. The molecular formula is C27H24Cl3N3O3S. The van der Waals surface area contributed by atoms with Gasteiger partial charge in [0.1, 0.15) is 5.69 Å². The monoisotopic (exact) mass is 575 g/mol. The Morgan fingerprint density at radius 3 is 2.19 bits per heavy atom. The first-order valence-electron chi connectivity index (χ1n) is 11.4. The van der Waals surface area contributed by atoms with Crippen molar-refractivity contribution < 1.29 is 13.2 Å². The van der Waals surface area contributed by atoms with Crippen LogP contribution in [0.5, 0.6) is 0 Å². The Labute approximate surface area is 231 Å². The minimum absolute atomic E-state index is 0.188. The van der Waals surface area contributed by atoms with Crippen molar-refractivity contribution in [3.63, 3.8) is 0 Å². The standard InChI is InChI=1S/C27H24Cl3N3O3S/c1-16(2)15-31-27(34)24-14-25(33(32-24)26-21(28)8-5-9-22(26)29)20-11-10-18(13-23(20)30)17-6-4-7-19(12-17)37(3,35)36/h4-14,16H,15H2,1-3H3,(H,31,34). The Balaban J connectivity index is 1.83. The number of nitrogens with zero attached hydrogens (tertiary/aromatic N) is 2. The fourth-order valence-corrected chi connectivity index (χ4v) is 5.24. The van der Waals surface area contributed by atoms with Crippen LogP contribution in [0.25, 0.3) is 28.1 Å². The lowest BCUT2D eigenvalue weighted by molar-refractivity contribution is 0.0943. The maximum Gasteiger partial charge on any atom is 0.271 e. The average molecular weight is 577 g/mol. The van der Waals surface area contributed by atoms with Gasteiger partial charge in [-0.1, -0.05) is 79.0 Å². The fourth-order valence-electron chi connectivity index (χ4n) is 3.74. The van der Waals surface area contributed by atoms with Gasteiger partial charge < -0.3 is 5.32 Å². The number of hydrogen-bond acceptors (Lipinski definition) is 4. The molecule has 1 heterocycles. The van der Waals surface area contributed by atoms with Gasteiger partial charge in [-0.05, 0) is 53.4 Å². The zero-order valence-electron chi connectivity index (χ0n) is 20.3. The topological polar surface area (TPSA) is 81.1 Å². The molecule has 0 bridgehead atoms. The Hall–Kier alpha value is -2.84. The molecule has 4 rings (SSSR count). The second kappa shape index (κ2) is 10.9. The number of sulfone groups is 1. The lowest BCUT2D eigenvalue weighted by Crippen LogP contribution is -2.27. The van der Waals surface area contributed by atoms with Crippen LogP contribution in [0.1, 0.15) is 24.3 Å². The summed E-state index contributed by atoms with van der Waals surface area (Å²) in [6.07, 6.45) is 1.16. The van der Waals surface area contributed by atoms with Crippen molar-refractivity contribution in [2.75, 3.05) is 12.8 Å². The van der Waals surface area contributed by atoms with E-state index in [4.69, 9.17) is 34.8 Å². The highest BCUT2D eigenvalue weighted by Gasteiger charge is 2.22. The summed E-state index contributed by atoms with van der Waals surface area (Å²) >= 11 is 19.7. The van der Waals surface area contributed by atoms with E-state index < -0.39 is 9.84 Å². The molecule has 0 saturated heterocycles. The molecule has 0 spiro atoms. The van der Waals surface area contributed by atoms with Crippen LogP contribution in [0.3, 0.4) is 0 Å². The molecule has 1 N–H and O–H groups in total. The van der Waals surface area contributed by atoms with Crippen LogP contribution in [-0.4, -0.2) is 36.9 Å². The van der Waals surface area contributed by atoms with Gasteiger partial charge in [0.15, 0.2) is 15.5 Å². The number of nitrogens with one attached hydrogen (secondary N) is 1. The van der Waals surface area contributed by atoms with Crippen LogP contribution in [0.2, 0.25) is 15.1 Å². The Morgan fingerprint density at radius 1 is 0.919 bits per heavy atom. The molecule has 1 aromatic heterocycles. The summed E-state index contributed by atoms with van der Waals surface area (Å²) in [6.45, 7) is 4.50. The Kier molecular flexibility index (Phi) is 7.99. The van der Waals surface area contributed by atoms with Crippen LogP contribution in [0.4, 0.5) is 0 Å². The fraction of sp³-hybridized carbons (Fsp3) is 0.185. The van der Waals surface area contributed by atoms with Crippen molar-refractivity contribution in [2.45, 2.75) is 18.7 Å². The van der Waals surface area contributed by atoms with E-state index in [1.54, 1.807) is 54.6 Å². The number of carbonyl (C=O) groups excluding carboxylic acids is 1. The summed E-state index contributed by atoms with van der Waals surface area (Å²) in [7, 11) is -3.36. The largest absolute Gasteiger partial charge is 0.350 e. The SMILES string of the molecule is CC(C)CNC(=O)c1cc(-c2ccc(-c3cccc(S(C)(=O)=O)c3)cc2Cl)n(-c2c(Cl)cccc2Cl)n1. The van der Waals surface area contributed by atoms with E-state index in [0.717, 1.165) is 11.8 Å². The number of rotatable bonds is 7. The van der Waals surface area contributed by atoms with Gasteiger partial charge >= 0.3 is 0 Å². The van der Waals surface area contributed by atoms with Crippen molar-refractivity contribution in [3.8, 4) is 28.1 Å². The smallest absolute Gasteiger partial charge is 0.271 e. The van der Waals surface area contributed by atoms with Gasteiger partial charge in [0, 0.05) is 18.4 Å². The van der Waals surface area contributed by atoms with E-state index in [-0.39, 0.29) is 22.4 Å². The van der Waals surface area contributed by atoms with E-state index in [2.05, 4.69) is 10.4 Å². The van der Waals surface area contributed by atoms with Crippen molar-refractivity contribution >= 4 is 50.5 Å². The van der Waals surface area contributed by atoms with Gasteiger partial charge in [0.2, 0.25) is 0 Å². The summed E-state index contributed by atoms with van der Waals surface area (Å²) in [4.78, 5) is 13.1. The zero-order valence-corrected chi connectivity index (χ0v) is 23.4. The van der Waals surface area contributed by atoms with E-state index in [1.807, 2.05) is 26.0 Å². The molecule has 0 aliphatic rings. The Morgan fingerprint density at radius 2 is 1.57 bits per heavy atom. The van der Waals surface area contributed by atoms with Gasteiger partial charge in [0.25, 0.3) is 5.91 Å². The molecule has 192 valence electrons. The predicted molar refractivity (Wildman–Crippen MR) is 150 cm³/mol. The number of halogens is 3. The highest BCUT2D eigenvalue weighted by Crippen LogP contribution is 2.37. The lowest BCUT2D eigenvalue weighted by Gasteiger charge is -2.13. The second-order valence-electron chi connectivity index (χ2n) is 9.00. The number of para-hydroxylation sites is 1. The summed E-state index contributed by atoms with van der Waals surface area (Å²) in [5.41, 5.74) is 3.16. The van der Waals surface area contributed by atoms with E-state index >= 15 is 0 Å². The molecule has 0 aliphatic heterocycles. The van der Waals surface area contributed by atoms with Gasteiger partial charge in [-0.25, -0.2) is 13.1 Å². The number of hydrogen-bond donors (Lipinski definition) is 1. The molecule has 4 aromatic rings. The van der Waals surface area contributed by atoms with Gasteiger partial charge in [0.05, 0.1) is 25.7 Å². The first-order valence-corrected chi connectivity index (χ1v) is 14.4. The van der Waals surface area contributed by atoms with Gasteiger partial charge in [-0.2, -0.15) is 5.10 Å². The van der Waals surface area contributed by atoms with Crippen LogP contribution in [0.15, 0.2) is 71.6 Å².